The molecular formula is C17H15Cl2NO3S. The summed E-state index contributed by atoms with van der Waals surface area (Å²) < 4.78 is 5.24. The summed E-state index contributed by atoms with van der Waals surface area (Å²) in [6.07, 6.45) is 0.893. The first-order valence-corrected chi connectivity index (χ1v) is 9.00. The van der Waals surface area contributed by atoms with E-state index in [1.807, 2.05) is 18.4 Å². The third-order valence-corrected chi connectivity index (χ3v) is 4.51. The third kappa shape index (κ3) is 4.66. The largest absolute Gasteiger partial charge is 0.449 e. The van der Waals surface area contributed by atoms with Crippen LogP contribution in [0.2, 0.25) is 10.0 Å². The van der Waals surface area contributed by atoms with Crippen LogP contribution in [0.3, 0.4) is 0 Å². The SMILES string of the molecule is CSc1ccccc1C(=O)OC(C)C(=O)Nc1ccc(Cl)cc1Cl. The van der Waals surface area contributed by atoms with Crippen molar-refractivity contribution in [3.8, 4) is 0 Å². The molecule has 0 aliphatic carbocycles. The van der Waals surface area contributed by atoms with Gasteiger partial charge in [-0.2, -0.15) is 0 Å². The second-order valence-corrected chi connectivity index (χ2v) is 6.55. The van der Waals surface area contributed by atoms with Crippen LogP contribution in [0.5, 0.6) is 0 Å². The number of hydrogen-bond acceptors (Lipinski definition) is 4. The molecule has 0 fully saturated rings. The molecule has 4 nitrogen and oxygen atoms in total. The smallest absolute Gasteiger partial charge is 0.340 e. The van der Waals surface area contributed by atoms with Crippen molar-refractivity contribution in [3.63, 3.8) is 0 Å². The van der Waals surface area contributed by atoms with Gasteiger partial charge in [0, 0.05) is 9.92 Å². The van der Waals surface area contributed by atoms with Gasteiger partial charge < -0.3 is 10.1 Å². The Bertz CT molecular complexity index is 767. The van der Waals surface area contributed by atoms with Crippen molar-refractivity contribution >= 4 is 52.5 Å². The quantitative estimate of drug-likeness (QED) is 0.589. The van der Waals surface area contributed by atoms with Crippen LogP contribution < -0.4 is 5.32 Å². The molecular weight excluding hydrogens is 369 g/mol. The van der Waals surface area contributed by atoms with E-state index < -0.39 is 18.0 Å². The fraction of sp³-hybridized carbons (Fsp3) is 0.176. The molecule has 7 heteroatoms. The van der Waals surface area contributed by atoms with Crippen molar-refractivity contribution in [1.29, 1.82) is 0 Å². The summed E-state index contributed by atoms with van der Waals surface area (Å²) in [6, 6.07) is 11.8. The molecule has 1 N–H and O–H groups in total. The Balaban J connectivity index is 2.04. The summed E-state index contributed by atoms with van der Waals surface area (Å²) in [5, 5.41) is 3.38. The molecule has 126 valence electrons. The van der Waals surface area contributed by atoms with Crippen LogP contribution in [-0.2, 0) is 9.53 Å². The lowest BCUT2D eigenvalue weighted by molar-refractivity contribution is -0.123. The molecule has 0 aromatic heterocycles. The minimum absolute atomic E-state index is 0.308. The number of rotatable bonds is 5. The van der Waals surface area contributed by atoms with Crippen molar-refractivity contribution in [2.75, 3.05) is 11.6 Å². The predicted octanol–water partition coefficient (Wildman–Crippen LogP) is 4.90. The zero-order valence-electron chi connectivity index (χ0n) is 13.0. The average Bonchev–Trinajstić information content (AvgIpc) is 2.57. The molecule has 24 heavy (non-hydrogen) atoms. The molecule has 1 atom stereocenters. The molecule has 0 aliphatic heterocycles. The molecule has 0 aliphatic rings. The molecule has 1 unspecified atom stereocenters. The number of amides is 1. The van der Waals surface area contributed by atoms with E-state index in [0.717, 1.165) is 4.90 Å². The second-order valence-electron chi connectivity index (χ2n) is 4.86. The third-order valence-electron chi connectivity index (χ3n) is 3.17. The first kappa shape index (κ1) is 18.6. The fourth-order valence-electron chi connectivity index (χ4n) is 1.92. The number of thioether (sulfide) groups is 1. The Hall–Kier alpha value is -1.69. The first-order chi connectivity index (χ1) is 11.4. The monoisotopic (exact) mass is 383 g/mol. The average molecular weight is 384 g/mol. The standard InChI is InChI=1S/C17H15Cl2NO3S/c1-10(16(21)20-14-8-7-11(18)9-13(14)19)23-17(22)12-5-3-4-6-15(12)24-2/h3-10H,1-2H3,(H,20,21). The predicted molar refractivity (Wildman–Crippen MR) is 98.2 cm³/mol. The molecule has 0 saturated carbocycles. The number of carbonyl (C=O) groups excluding carboxylic acids is 2. The van der Waals surface area contributed by atoms with Crippen molar-refractivity contribution in [2.24, 2.45) is 0 Å². The summed E-state index contributed by atoms with van der Waals surface area (Å²) in [7, 11) is 0. The molecule has 2 aromatic carbocycles. The van der Waals surface area contributed by atoms with Crippen LogP contribution >= 0.6 is 35.0 Å². The van der Waals surface area contributed by atoms with Crippen LogP contribution in [0.4, 0.5) is 5.69 Å². The molecule has 1 amide bonds. The minimum atomic E-state index is -0.973. The molecule has 0 bridgehead atoms. The van der Waals surface area contributed by atoms with E-state index in [-0.39, 0.29) is 0 Å². The van der Waals surface area contributed by atoms with Crippen LogP contribution in [-0.4, -0.2) is 24.2 Å². The van der Waals surface area contributed by atoms with Crippen molar-refractivity contribution in [3.05, 3.63) is 58.1 Å². The molecule has 2 aromatic rings. The van der Waals surface area contributed by atoms with E-state index in [2.05, 4.69) is 5.32 Å². The van der Waals surface area contributed by atoms with Crippen LogP contribution in [0.15, 0.2) is 47.4 Å². The maximum atomic E-state index is 12.2. The van der Waals surface area contributed by atoms with Gasteiger partial charge in [-0.05, 0) is 43.5 Å². The van der Waals surface area contributed by atoms with Gasteiger partial charge in [-0.1, -0.05) is 35.3 Å². The zero-order valence-corrected chi connectivity index (χ0v) is 15.3. The van der Waals surface area contributed by atoms with E-state index in [4.69, 9.17) is 27.9 Å². The Kier molecular flexibility index (Phi) is 6.54. The van der Waals surface area contributed by atoms with E-state index in [9.17, 15) is 9.59 Å². The summed E-state index contributed by atoms with van der Waals surface area (Å²) in [4.78, 5) is 25.2. The topological polar surface area (TPSA) is 55.4 Å². The highest BCUT2D eigenvalue weighted by Gasteiger charge is 2.21. The van der Waals surface area contributed by atoms with E-state index in [1.54, 1.807) is 24.3 Å². The van der Waals surface area contributed by atoms with Gasteiger partial charge in [0.15, 0.2) is 6.10 Å². The number of ether oxygens (including phenoxy) is 1. The zero-order chi connectivity index (χ0) is 17.7. The number of hydrogen-bond donors (Lipinski definition) is 1. The number of benzene rings is 2. The Morgan fingerprint density at radius 1 is 1.17 bits per heavy atom. The van der Waals surface area contributed by atoms with Crippen LogP contribution in [0, 0.1) is 0 Å². The van der Waals surface area contributed by atoms with Crippen molar-refractivity contribution < 1.29 is 14.3 Å². The molecule has 2 rings (SSSR count). The fourth-order valence-corrected chi connectivity index (χ4v) is 2.96. The normalized spacial score (nSPS) is 11.7. The summed E-state index contributed by atoms with van der Waals surface area (Å²) in [6.45, 7) is 1.50. The first-order valence-electron chi connectivity index (χ1n) is 7.02. The van der Waals surface area contributed by atoms with E-state index in [0.29, 0.717) is 21.3 Å². The number of anilines is 1. The van der Waals surface area contributed by atoms with Gasteiger partial charge in [0.2, 0.25) is 0 Å². The number of nitrogens with one attached hydrogen (secondary N) is 1. The highest BCUT2D eigenvalue weighted by molar-refractivity contribution is 7.98. The molecule has 0 heterocycles. The van der Waals surface area contributed by atoms with E-state index >= 15 is 0 Å². The number of halogens is 2. The summed E-state index contributed by atoms with van der Waals surface area (Å²) in [5.41, 5.74) is 0.827. The Morgan fingerprint density at radius 3 is 2.54 bits per heavy atom. The lowest BCUT2D eigenvalue weighted by Crippen LogP contribution is -2.30. The highest BCUT2D eigenvalue weighted by atomic mass is 35.5. The summed E-state index contributed by atoms with van der Waals surface area (Å²) >= 11 is 13.3. The number of esters is 1. The van der Waals surface area contributed by atoms with Gasteiger partial charge in [0.25, 0.3) is 5.91 Å². The van der Waals surface area contributed by atoms with Gasteiger partial charge in [-0.3, -0.25) is 4.79 Å². The van der Waals surface area contributed by atoms with Gasteiger partial charge in [0.1, 0.15) is 0 Å². The lowest BCUT2D eigenvalue weighted by Gasteiger charge is -2.15. The molecule has 0 spiro atoms. The van der Waals surface area contributed by atoms with Gasteiger partial charge in [-0.25, -0.2) is 4.79 Å². The highest BCUT2D eigenvalue weighted by Crippen LogP contribution is 2.26. The van der Waals surface area contributed by atoms with Crippen molar-refractivity contribution in [1.82, 2.24) is 0 Å². The molecule has 0 saturated heterocycles. The number of carbonyl (C=O) groups is 2. The lowest BCUT2D eigenvalue weighted by atomic mass is 10.2. The molecule has 0 radical (unpaired) electrons. The van der Waals surface area contributed by atoms with Crippen molar-refractivity contribution in [2.45, 2.75) is 17.9 Å². The summed E-state index contributed by atoms with van der Waals surface area (Å²) in [5.74, 6) is -1.03. The van der Waals surface area contributed by atoms with Gasteiger partial charge >= 0.3 is 5.97 Å². The van der Waals surface area contributed by atoms with Crippen LogP contribution in [0.25, 0.3) is 0 Å². The Labute approximate surface area is 154 Å². The maximum Gasteiger partial charge on any atom is 0.340 e. The van der Waals surface area contributed by atoms with E-state index in [1.165, 1.54) is 24.8 Å². The van der Waals surface area contributed by atoms with Crippen LogP contribution in [0.1, 0.15) is 17.3 Å². The van der Waals surface area contributed by atoms with Gasteiger partial charge in [-0.15, -0.1) is 11.8 Å². The Morgan fingerprint density at radius 2 is 1.88 bits per heavy atom. The maximum absolute atomic E-state index is 12.2. The van der Waals surface area contributed by atoms with Gasteiger partial charge in [0.05, 0.1) is 16.3 Å². The minimum Gasteiger partial charge on any atom is -0.449 e. The second kappa shape index (κ2) is 8.42.